The van der Waals surface area contributed by atoms with Gasteiger partial charge in [-0.25, -0.2) is 4.98 Å². The molecule has 2 heterocycles. The van der Waals surface area contributed by atoms with Gasteiger partial charge in [-0.15, -0.1) is 11.3 Å². The van der Waals surface area contributed by atoms with Crippen LogP contribution < -0.4 is 0 Å². The molecule has 0 spiro atoms. The molecule has 0 aliphatic carbocycles. The zero-order valence-corrected chi connectivity index (χ0v) is 11.0. The van der Waals surface area contributed by atoms with Crippen molar-refractivity contribution in [2.45, 2.75) is 6.92 Å². The molecule has 3 rings (SSSR count). The lowest BCUT2D eigenvalue weighted by Gasteiger charge is -1.95. The molecular weight excluding hydrogens is 242 g/mol. The molecule has 0 fully saturated rings. The Labute approximate surface area is 109 Å². The average molecular weight is 253 g/mol. The van der Waals surface area contributed by atoms with Crippen molar-refractivity contribution >= 4 is 22.2 Å². The second-order valence-corrected chi connectivity index (χ2v) is 5.40. The van der Waals surface area contributed by atoms with E-state index >= 15 is 0 Å². The molecule has 2 aromatic heterocycles. The van der Waals surface area contributed by atoms with Crippen LogP contribution in [0.3, 0.4) is 0 Å². The molecule has 0 aliphatic rings. The maximum Gasteiger partial charge on any atom is 0.132 e. The van der Waals surface area contributed by atoms with Crippen LogP contribution >= 0.6 is 11.3 Å². The van der Waals surface area contributed by atoms with Crippen LogP contribution in [0.1, 0.15) is 9.88 Å². The van der Waals surface area contributed by atoms with Crippen molar-refractivity contribution in [1.29, 1.82) is 5.26 Å². The summed E-state index contributed by atoms with van der Waals surface area (Å²) in [4.78, 5) is 5.18. The monoisotopic (exact) mass is 253 g/mol. The summed E-state index contributed by atoms with van der Waals surface area (Å²) in [6.07, 6.45) is 2.04. The number of aromatic nitrogens is 2. The van der Waals surface area contributed by atoms with Crippen LogP contribution in [0.5, 0.6) is 0 Å². The van der Waals surface area contributed by atoms with Crippen molar-refractivity contribution < 1.29 is 0 Å². The summed E-state index contributed by atoms with van der Waals surface area (Å²) >= 11 is 1.45. The normalized spacial score (nSPS) is 10.7. The highest BCUT2D eigenvalue weighted by molar-refractivity contribution is 7.12. The summed E-state index contributed by atoms with van der Waals surface area (Å²) in [5, 5.41) is 11.3. The maximum atomic E-state index is 9.19. The minimum Gasteiger partial charge on any atom is -0.350 e. The summed E-state index contributed by atoms with van der Waals surface area (Å²) in [6.45, 7) is 1.93. The van der Waals surface area contributed by atoms with E-state index < -0.39 is 0 Å². The topological polar surface area (TPSA) is 41.6 Å². The van der Waals surface area contributed by atoms with E-state index in [1.165, 1.54) is 11.3 Å². The Balaban J connectivity index is 2.36. The zero-order valence-electron chi connectivity index (χ0n) is 10.1. The van der Waals surface area contributed by atoms with Gasteiger partial charge in [0.05, 0.1) is 5.01 Å². The van der Waals surface area contributed by atoms with Crippen molar-refractivity contribution in [3.63, 3.8) is 0 Å². The van der Waals surface area contributed by atoms with Gasteiger partial charge in [0.1, 0.15) is 16.6 Å². The van der Waals surface area contributed by atoms with Crippen molar-refractivity contribution in [3.05, 3.63) is 40.3 Å². The molecule has 0 amide bonds. The van der Waals surface area contributed by atoms with E-state index in [0.717, 1.165) is 27.2 Å². The van der Waals surface area contributed by atoms with Gasteiger partial charge in [0.25, 0.3) is 0 Å². The number of aryl methyl sites for hydroxylation is 2. The molecule has 0 radical (unpaired) electrons. The molecule has 0 saturated heterocycles. The maximum absolute atomic E-state index is 9.19. The number of fused-ring (bicyclic) bond motifs is 1. The van der Waals surface area contributed by atoms with Gasteiger partial charge in [0.2, 0.25) is 0 Å². The second kappa shape index (κ2) is 3.97. The summed E-state index contributed by atoms with van der Waals surface area (Å²) in [5.41, 5.74) is 2.99. The SMILES string of the molecule is Cc1nc(-c2cn(C)c3ccccc23)c(C#N)s1. The molecule has 18 heavy (non-hydrogen) atoms. The quantitative estimate of drug-likeness (QED) is 0.666. The van der Waals surface area contributed by atoms with E-state index in [9.17, 15) is 5.26 Å². The first-order chi connectivity index (χ1) is 8.70. The smallest absolute Gasteiger partial charge is 0.132 e. The van der Waals surface area contributed by atoms with Crippen LogP contribution in [0.2, 0.25) is 0 Å². The first kappa shape index (κ1) is 11.0. The van der Waals surface area contributed by atoms with Crippen molar-refractivity contribution in [2.24, 2.45) is 7.05 Å². The van der Waals surface area contributed by atoms with E-state index in [2.05, 4.69) is 27.8 Å². The number of nitriles is 1. The fourth-order valence-corrected chi connectivity index (χ4v) is 2.95. The predicted octanol–water partition coefficient (Wildman–Crippen LogP) is 3.48. The van der Waals surface area contributed by atoms with Crippen LogP contribution in [0.25, 0.3) is 22.2 Å². The highest BCUT2D eigenvalue weighted by Gasteiger charge is 2.15. The first-order valence-electron chi connectivity index (χ1n) is 5.62. The average Bonchev–Trinajstić information content (AvgIpc) is 2.91. The Morgan fingerprint density at radius 3 is 2.89 bits per heavy atom. The third kappa shape index (κ3) is 1.52. The number of benzene rings is 1. The lowest BCUT2D eigenvalue weighted by molar-refractivity contribution is 0.969. The van der Waals surface area contributed by atoms with E-state index in [1.807, 2.05) is 32.3 Å². The Hall–Kier alpha value is -2.12. The van der Waals surface area contributed by atoms with E-state index in [0.29, 0.717) is 4.88 Å². The summed E-state index contributed by atoms with van der Waals surface area (Å²) < 4.78 is 2.07. The molecule has 0 atom stereocenters. The molecule has 0 unspecified atom stereocenters. The van der Waals surface area contributed by atoms with Gasteiger partial charge in [-0.2, -0.15) is 5.26 Å². The molecule has 0 bridgehead atoms. The minimum atomic E-state index is 0.684. The zero-order chi connectivity index (χ0) is 12.7. The van der Waals surface area contributed by atoms with Crippen LogP contribution in [-0.2, 0) is 7.05 Å². The first-order valence-corrected chi connectivity index (χ1v) is 6.44. The Kier molecular flexibility index (Phi) is 2.42. The van der Waals surface area contributed by atoms with Crippen LogP contribution in [0, 0.1) is 18.3 Å². The third-order valence-corrected chi connectivity index (χ3v) is 3.86. The van der Waals surface area contributed by atoms with Crippen LogP contribution in [-0.4, -0.2) is 9.55 Å². The minimum absolute atomic E-state index is 0.684. The predicted molar refractivity (Wildman–Crippen MR) is 73.5 cm³/mol. The molecule has 3 nitrogen and oxygen atoms in total. The van der Waals surface area contributed by atoms with Gasteiger partial charge in [-0.3, -0.25) is 0 Å². The highest BCUT2D eigenvalue weighted by atomic mass is 32.1. The Bertz CT molecular complexity index is 774. The molecule has 0 aliphatic heterocycles. The number of nitrogens with zero attached hydrogens (tertiary/aromatic N) is 3. The molecule has 88 valence electrons. The fraction of sp³-hybridized carbons (Fsp3) is 0.143. The summed E-state index contributed by atoms with van der Waals surface area (Å²) in [7, 11) is 2.01. The Morgan fingerprint density at radius 1 is 1.33 bits per heavy atom. The van der Waals surface area contributed by atoms with Crippen molar-refractivity contribution in [1.82, 2.24) is 9.55 Å². The number of thiazole rings is 1. The van der Waals surface area contributed by atoms with Gasteiger partial charge in [-0.1, -0.05) is 18.2 Å². The fourth-order valence-electron chi connectivity index (χ4n) is 2.22. The van der Waals surface area contributed by atoms with Gasteiger partial charge in [0.15, 0.2) is 0 Å². The van der Waals surface area contributed by atoms with E-state index in [1.54, 1.807) is 0 Å². The molecule has 0 saturated carbocycles. The second-order valence-electron chi connectivity index (χ2n) is 4.19. The van der Waals surface area contributed by atoms with E-state index in [-0.39, 0.29) is 0 Å². The van der Waals surface area contributed by atoms with Crippen molar-refractivity contribution in [3.8, 4) is 17.3 Å². The highest BCUT2D eigenvalue weighted by Crippen LogP contribution is 2.33. The lowest BCUT2D eigenvalue weighted by atomic mass is 10.1. The van der Waals surface area contributed by atoms with Gasteiger partial charge >= 0.3 is 0 Å². The van der Waals surface area contributed by atoms with Crippen LogP contribution in [0.15, 0.2) is 30.5 Å². The van der Waals surface area contributed by atoms with Gasteiger partial charge < -0.3 is 4.57 Å². The lowest BCUT2D eigenvalue weighted by Crippen LogP contribution is -1.82. The summed E-state index contributed by atoms with van der Waals surface area (Å²) in [6, 6.07) is 10.4. The number of para-hydroxylation sites is 1. The molecule has 4 heteroatoms. The van der Waals surface area contributed by atoms with Crippen LogP contribution in [0.4, 0.5) is 0 Å². The molecule has 1 aromatic carbocycles. The number of hydrogen-bond acceptors (Lipinski definition) is 3. The van der Waals surface area contributed by atoms with Gasteiger partial charge in [0, 0.05) is 29.7 Å². The van der Waals surface area contributed by atoms with Crippen molar-refractivity contribution in [2.75, 3.05) is 0 Å². The number of hydrogen-bond donors (Lipinski definition) is 0. The largest absolute Gasteiger partial charge is 0.350 e. The molecule has 3 aromatic rings. The number of rotatable bonds is 1. The third-order valence-electron chi connectivity index (χ3n) is 2.99. The molecule has 0 N–H and O–H groups in total. The standard InChI is InChI=1S/C14H11N3S/c1-9-16-14(13(7-15)18-9)11-8-17(2)12-6-4-3-5-10(11)12/h3-6,8H,1-2H3. The van der Waals surface area contributed by atoms with E-state index in [4.69, 9.17) is 0 Å². The summed E-state index contributed by atoms with van der Waals surface area (Å²) in [5.74, 6) is 0. The Morgan fingerprint density at radius 2 is 2.11 bits per heavy atom. The molecular formula is C14H11N3S. The van der Waals surface area contributed by atoms with Gasteiger partial charge in [-0.05, 0) is 13.0 Å².